The lowest BCUT2D eigenvalue weighted by atomic mass is 10.1. The number of rotatable bonds is 9. The minimum atomic E-state index is -0.866. The van der Waals surface area contributed by atoms with Crippen LogP contribution in [0.4, 0.5) is 5.69 Å². The second kappa shape index (κ2) is 12.2. The van der Waals surface area contributed by atoms with Crippen molar-refractivity contribution in [2.45, 2.75) is 20.4 Å². The van der Waals surface area contributed by atoms with Gasteiger partial charge in [-0.25, -0.2) is 4.79 Å². The first kappa shape index (κ1) is 26.7. The predicted molar refractivity (Wildman–Crippen MR) is 132 cm³/mol. The number of hydrogen-bond donors (Lipinski definition) is 2. The van der Waals surface area contributed by atoms with E-state index < -0.39 is 17.8 Å². The second-order valence-electron chi connectivity index (χ2n) is 7.64. The molecule has 10 nitrogen and oxygen atoms in total. The number of carbonyl (C=O) groups excluding carboxylic acids is 4. The first-order chi connectivity index (χ1) is 17.2. The molecule has 2 N–H and O–H groups in total. The molecule has 36 heavy (non-hydrogen) atoms. The second-order valence-corrected chi connectivity index (χ2v) is 8.08. The summed E-state index contributed by atoms with van der Waals surface area (Å²) in [6, 6.07) is 9.58. The van der Waals surface area contributed by atoms with Crippen LogP contribution in [0.25, 0.3) is 6.08 Å². The van der Waals surface area contributed by atoms with Crippen molar-refractivity contribution in [3.63, 3.8) is 0 Å². The fraction of sp³-hybridized carbons (Fsp3) is 0.280. The standard InChI is InChI=1S/C25H26ClN3O7/c1-4-35-25(33)21-15(2)29(10-11-34-3)24(32)20(21)13-18-8-9-19(36-18)14-27-22(30)23(31)28-17-7-5-6-16(26)12-17/h5-9,12-13H,4,10-11,14H2,1-3H3,(H,27,30)(H,28,31)/b20-13-. The molecular weight excluding hydrogens is 490 g/mol. The van der Waals surface area contributed by atoms with Crippen molar-refractivity contribution in [3.05, 3.63) is 69.8 Å². The van der Waals surface area contributed by atoms with Crippen LogP contribution in [0.3, 0.4) is 0 Å². The largest absolute Gasteiger partial charge is 0.462 e. The first-order valence-electron chi connectivity index (χ1n) is 11.1. The number of allylic oxidation sites excluding steroid dienone is 1. The minimum Gasteiger partial charge on any atom is -0.462 e. The van der Waals surface area contributed by atoms with E-state index in [-0.39, 0.29) is 42.5 Å². The minimum absolute atomic E-state index is 0.0709. The van der Waals surface area contributed by atoms with Gasteiger partial charge in [0.15, 0.2) is 0 Å². The lowest BCUT2D eigenvalue weighted by molar-refractivity contribution is -0.138. The van der Waals surface area contributed by atoms with E-state index in [2.05, 4.69) is 10.6 Å². The number of anilines is 1. The summed E-state index contributed by atoms with van der Waals surface area (Å²) >= 11 is 5.87. The van der Waals surface area contributed by atoms with E-state index in [1.165, 1.54) is 24.2 Å². The number of amides is 3. The van der Waals surface area contributed by atoms with E-state index in [4.69, 9.17) is 25.5 Å². The zero-order valence-electron chi connectivity index (χ0n) is 20.1. The summed E-state index contributed by atoms with van der Waals surface area (Å²) < 4.78 is 15.9. The van der Waals surface area contributed by atoms with Crippen molar-refractivity contribution in [1.82, 2.24) is 10.2 Å². The van der Waals surface area contributed by atoms with Crippen LogP contribution in [0.1, 0.15) is 25.4 Å². The van der Waals surface area contributed by atoms with Crippen molar-refractivity contribution in [3.8, 4) is 0 Å². The molecule has 0 fully saturated rings. The van der Waals surface area contributed by atoms with Gasteiger partial charge in [0.1, 0.15) is 11.5 Å². The van der Waals surface area contributed by atoms with E-state index >= 15 is 0 Å². The Balaban J connectivity index is 1.70. The number of benzene rings is 1. The summed E-state index contributed by atoms with van der Waals surface area (Å²) in [5.41, 5.74) is 1.14. The number of esters is 1. The van der Waals surface area contributed by atoms with Gasteiger partial charge in [0, 0.05) is 30.1 Å². The summed E-state index contributed by atoms with van der Waals surface area (Å²) in [5, 5.41) is 5.33. The molecule has 0 atom stereocenters. The van der Waals surface area contributed by atoms with Crippen LogP contribution < -0.4 is 10.6 Å². The molecule has 3 rings (SSSR count). The summed E-state index contributed by atoms with van der Waals surface area (Å²) in [6.45, 7) is 4.00. The zero-order valence-corrected chi connectivity index (χ0v) is 20.8. The van der Waals surface area contributed by atoms with Crippen molar-refractivity contribution in [2.24, 2.45) is 0 Å². The molecule has 1 aromatic heterocycles. The Morgan fingerprint density at radius 3 is 2.64 bits per heavy atom. The topological polar surface area (TPSA) is 127 Å². The molecular formula is C25H26ClN3O7. The van der Waals surface area contributed by atoms with E-state index in [1.807, 2.05) is 0 Å². The maximum atomic E-state index is 13.0. The van der Waals surface area contributed by atoms with E-state index in [0.717, 1.165) is 0 Å². The smallest absolute Gasteiger partial charge is 0.340 e. The van der Waals surface area contributed by atoms with Crippen LogP contribution in [0.5, 0.6) is 0 Å². The molecule has 0 saturated heterocycles. The van der Waals surface area contributed by atoms with Crippen molar-refractivity contribution in [1.29, 1.82) is 0 Å². The Hall–Kier alpha value is -3.89. The van der Waals surface area contributed by atoms with Crippen LogP contribution in [0.15, 0.2) is 57.7 Å². The molecule has 2 aromatic rings. The van der Waals surface area contributed by atoms with Crippen LogP contribution in [0, 0.1) is 0 Å². The highest BCUT2D eigenvalue weighted by Gasteiger charge is 2.37. The molecule has 190 valence electrons. The monoisotopic (exact) mass is 515 g/mol. The highest BCUT2D eigenvalue weighted by atomic mass is 35.5. The quantitative estimate of drug-likeness (QED) is 0.298. The van der Waals surface area contributed by atoms with Gasteiger partial charge in [-0.2, -0.15) is 0 Å². The number of nitrogens with zero attached hydrogens (tertiary/aromatic N) is 1. The molecule has 0 radical (unpaired) electrons. The number of methoxy groups -OCH3 is 1. The molecule has 1 aromatic carbocycles. The van der Waals surface area contributed by atoms with Gasteiger partial charge in [0.2, 0.25) is 0 Å². The van der Waals surface area contributed by atoms with E-state index in [0.29, 0.717) is 28.8 Å². The number of ether oxygens (including phenoxy) is 2. The molecule has 0 saturated carbocycles. The van der Waals surface area contributed by atoms with Crippen molar-refractivity contribution < 1.29 is 33.1 Å². The molecule has 0 bridgehead atoms. The van der Waals surface area contributed by atoms with Gasteiger partial charge in [0.25, 0.3) is 5.91 Å². The summed E-state index contributed by atoms with van der Waals surface area (Å²) in [4.78, 5) is 51.3. The van der Waals surface area contributed by atoms with Crippen LogP contribution in [-0.4, -0.2) is 55.5 Å². The third-order valence-corrected chi connectivity index (χ3v) is 5.43. The van der Waals surface area contributed by atoms with E-state index in [1.54, 1.807) is 44.2 Å². The van der Waals surface area contributed by atoms with Crippen molar-refractivity contribution >= 4 is 47.1 Å². The summed E-state index contributed by atoms with van der Waals surface area (Å²) in [7, 11) is 1.52. The number of halogens is 1. The molecule has 2 heterocycles. The normalized spacial score (nSPS) is 14.4. The Labute approximate surface area is 212 Å². The van der Waals surface area contributed by atoms with Crippen LogP contribution in [-0.2, 0) is 35.2 Å². The molecule has 0 aliphatic carbocycles. The molecule has 3 amide bonds. The van der Waals surface area contributed by atoms with Gasteiger partial charge in [-0.3, -0.25) is 14.4 Å². The maximum Gasteiger partial charge on any atom is 0.340 e. The fourth-order valence-electron chi connectivity index (χ4n) is 3.49. The van der Waals surface area contributed by atoms with Gasteiger partial charge < -0.3 is 29.4 Å². The van der Waals surface area contributed by atoms with Gasteiger partial charge >= 0.3 is 17.8 Å². The van der Waals surface area contributed by atoms with Gasteiger partial charge in [-0.05, 0) is 50.3 Å². The molecule has 0 unspecified atom stereocenters. The van der Waals surface area contributed by atoms with E-state index in [9.17, 15) is 19.2 Å². The zero-order chi connectivity index (χ0) is 26.2. The highest BCUT2D eigenvalue weighted by molar-refractivity contribution is 6.39. The third-order valence-electron chi connectivity index (χ3n) is 5.19. The SMILES string of the molecule is CCOC(=O)C1=C(C)N(CCOC)C(=O)/C1=C\c1ccc(CNC(=O)C(=O)Nc2cccc(Cl)c2)o1. The average Bonchev–Trinajstić information content (AvgIpc) is 3.38. The number of hydrogen-bond acceptors (Lipinski definition) is 7. The Kier molecular flexibility index (Phi) is 9.04. The number of carbonyl (C=O) groups is 4. The lowest BCUT2D eigenvalue weighted by Crippen LogP contribution is -2.34. The molecule has 1 aliphatic heterocycles. The van der Waals surface area contributed by atoms with Gasteiger partial charge in [0.05, 0.1) is 30.9 Å². The lowest BCUT2D eigenvalue weighted by Gasteiger charge is -2.16. The third kappa shape index (κ3) is 6.41. The van der Waals surface area contributed by atoms with Crippen molar-refractivity contribution in [2.75, 3.05) is 32.2 Å². The van der Waals surface area contributed by atoms with Crippen LogP contribution >= 0.6 is 11.6 Å². The molecule has 1 aliphatic rings. The fourth-order valence-corrected chi connectivity index (χ4v) is 3.68. The molecule has 0 spiro atoms. The first-order valence-corrected chi connectivity index (χ1v) is 11.5. The Morgan fingerprint density at radius 2 is 1.94 bits per heavy atom. The van der Waals surface area contributed by atoms with Gasteiger partial charge in [-0.1, -0.05) is 17.7 Å². The molecule has 11 heteroatoms. The number of nitrogens with one attached hydrogen (secondary N) is 2. The Bertz CT molecular complexity index is 1230. The van der Waals surface area contributed by atoms with Crippen LogP contribution in [0.2, 0.25) is 5.02 Å². The summed E-state index contributed by atoms with van der Waals surface area (Å²) in [5.74, 6) is -2.09. The predicted octanol–water partition coefficient (Wildman–Crippen LogP) is 2.90. The average molecular weight is 516 g/mol. The highest BCUT2D eigenvalue weighted by Crippen LogP contribution is 2.31. The Morgan fingerprint density at radius 1 is 1.17 bits per heavy atom. The maximum absolute atomic E-state index is 13.0. The summed E-state index contributed by atoms with van der Waals surface area (Å²) in [6.07, 6.45) is 1.45. The van der Waals surface area contributed by atoms with Gasteiger partial charge in [-0.15, -0.1) is 0 Å². The number of furan rings is 1.